The van der Waals surface area contributed by atoms with Gasteiger partial charge in [-0.3, -0.25) is 5.10 Å². The van der Waals surface area contributed by atoms with Gasteiger partial charge >= 0.3 is 6.18 Å². The molecule has 2 heterocycles. The minimum atomic E-state index is -4.73. The molecule has 5 nitrogen and oxygen atoms in total. The van der Waals surface area contributed by atoms with Gasteiger partial charge in [-0.25, -0.2) is 4.39 Å². The average Bonchev–Trinajstić information content (AvgIpc) is 2.90. The molecule has 3 N–H and O–H groups in total. The summed E-state index contributed by atoms with van der Waals surface area (Å²) in [6.45, 7) is 0. The highest BCUT2D eigenvalue weighted by Gasteiger charge is 2.44. The number of benzene rings is 1. The number of hydrogen-bond donors (Lipinski definition) is 2. The van der Waals surface area contributed by atoms with E-state index in [0.717, 1.165) is 12.1 Å². The molecule has 0 radical (unpaired) electrons. The standard InChI is InChI=1S/C14H8F4N4O/c15-7-3-1-6(2-4-7)9-8(5-19)12(20)23-13-10(9)11(21-22-13)14(16,17)18/h1-4,9H,20H2,(H,21,22). The first-order valence-corrected chi connectivity index (χ1v) is 6.31. The number of aromatic nitrogens is 2. The van der Waals surface area contributed by atoms with Gasteiger partial charge in [0.15, 0.2) is 0 Å². The van der Waals surface area contributed by atoms with Gasteiger partial charge in [-0.05, 0) is 17.7 Å². The number of nitrogens with one attached hydrogen (secondary N) is 1. The predicted molar refractivity (Wildman–Crippen MR) is 69.3 cm³/mol. The zero-order valence-electron chi connectivity index (χ0n) is 11.3. The summed E-state index contributed by atoms with van der Waals surface area (Å²) in [6, 6.07) is 6.49. The van der Waals surface area contributed by atoms with Crippen molar-refractivity contribution in [1.82, 2.24) is 10.2 Å². The first-order valence-electron chi connectivity index (χ1n) is 6.31. The summed E-state index contributed by atoms with van der Waals surface area (Å²) in [5.41, 5.74) is 4.18. The number of fused-ring (bicyclic) bond motifs is 1. The number of nitriles is 1. The van der Waals surface area contributed by atoms with E-state index in [4.69, 9.17) is 10.5 Å². The molecule has 1 aromatic carbocycles. The van der Waals surface area contributed by atoms with Gasteiger partial charge < -0.3 is 10.5 Å². The SMILES string of the molecule is N#CC1=C(N)Oc2n[nH]c(C(F)(F)F)c2C1c1ccc(F)cc1. The molecule has 0 bridgehead atoms. The van der Waals surface area contributed by atoms with Crippen LogP contribution in [0.25, 0.3) is 0 Å². The maximum Gasteiger partial charge on any atom is 0.433 e. The average molecular weight is 324 g/mol. The fourth-order valence-electron chi connectivity index (χ4n) is 2.45. The number of nitrogens with zero attached hydrogens (tertiary/aromatic N) is 2. The Hall–Kier alpha value is -3.02. The van der Waals surface area contributed by atoms with Gasteiger partial charge in [0.1, 0.15) is 23.2 Å². The minimum Gasteiger partial charge on any atom is -0.420 e. The molecule has 0 saturated heterocycles. The van der Waals surface area contributed by atoms with Crippen molar-refractivity contribution in [2.75, 3.05) is 0 Å². The molecule has 9 heteroatoms. The summed E-state index contributed by atoms with van der Waals surface area (Å²) in [7, 11) is 0. The number of alkyl halides is 3. The summed E-state index contributed by atoms with van der Waals surface area (Å²) in [4.78, 5) is 0. The first kappa shape index (κ1) is 14.9. The quantitative estimate of drug-likeness (QED) is 0.790. The van der Waals surface area contributed by atoms with E-state index in [1.165, 1.54) is 12.1 Å². The summed E-state index contributed by atoms with van der Waals surface area (Å²) in [5, 5.41) is 14.6. The molecule has 0 aliphatic carbocycles. The predicted octanol–water partition coefficient (Wildman–Crippen LogP) is 2.79. The molecule has 118 valence electrons. The Morgan fingerprint density at radius 1 is 1.26 bits per heavy atom. The monoisotopic (exact) mass is 324 g/mol. The molecule has 1 atom stereocenters. The molecule has 2 aromatic rings. The van der Waals surface area contributed by atoms with Gasteiger partial charge in [-0.2, -0.15) is 18.4 Å². The van der Waals surface area contributed by atoms with Gasteiger partial charge in [-0.1, -0.05) is 12.1 Å². The van der Waals surface area contributed by atoms with Crippen molar-refractivity contribution in [3.8, 4) is 11.9 Å². The Morgan fingerprint density at radius 2 is 1.91 bits per heavy atom. The number of rotatable bonds is 1. The van der Waals surface area contributed by atoms with Crippen molar-refractivity contribution in [2.45, 2.75) is 12.1 Å². The lowest BCUT2D eigenvalue weighted by atomic mass is 9.84. The van der Waals surface area contributed by atoms with Gasteiger partial charge in [0, 0.05) is 0 Å². The van der Waals surface area contributed by atoms with Crippen LogP contribution in [0.2, 0.25) is 0 Å². The first-order chi connectivity index (χ1) is 10.8. The fraction of sp³-hybridized carbons (Fsp3) is 0.143. The molecule has 1 aliphatic rings. The number of aromatic amines is 1. The molecular weight excluding hydrogens is 316 g/mol. The highest BCUT2D eigenvalue weighted by Crippen LogP contribution is 2.46. The Balaban J connectivity index is 2.26. The Bertz CT molecular complexity index is 830. The summed E-state index contributed by atoms with van der Waals surface area (Å²) < 4.78 is 57.6. The van der Waals surface area contributed by atoms with Crippen LogP contribution in [0.5, 0.6) is 5.88 Å². The second kappa shape index (κ2) is 5.01. The second-order valence-corrected chi connectivity index (χ2v) is 4.79. The third-order valence-electron chi connectivity index (χ3n) is 3.43. The topological polar surface area (TPSA) is 87.7 Å². The molecular formula is C14H8F4N4O. The molecule has 0 spiro atoms. The van der Waals surface area contributed by atoms with E-state index < -0.39 is 23.6 Å². The van der Waals surface area contributed by atoms with Crippen LogP contribution in [-0.4, -0.2) is 10.2 Å². The van der Waals surface area contributed by atoms with E-state index in [9.17, 15) is 22.8 Å². The Morgan fingerprint density at radius 3 is 2.48 bits per heavy atom. The summed E-state index contributed by atoms with van der Waals surface area (Å²) in [5.74, 6) is -2.41. The van der Waals surface area contributed by atoms with Gasteiger partial charge in [-0.15, -0.1) is 5.10 Å². The van der Waals surface area contributed by atoms with Crippen molar-refractivity contribution in [3.63, 3.8) is 0 Å². The maximum absolute atomic E-state index is 13.2. The zero-order valence-corrected chi connectivity index (χ0v) is 11.3. The van der Waals surface area contributed by atoms with Crippen LogP contribution in [0.3, 0.4) is 0 Å². The lowest BCUT2D eigenvalue weighted by Crippen LogP contribution is -2.22. The molecule has 1 aromatic heterocycles. The van der Waals surface area contributed by atoms with Crippen LogP contribution < -0.4 is 10.5 Å². The van der Waals surface area contributed by atoms with Crippen molar-refractivity contribution in [1.29, 1.82) is 5.26 Å². The fourth-order valence-corrected chi connectivity index (χ4v) is 2.45. The minimum absolute atomic E-state index is 0.198. The third kappa shape index (κ3) is 2.38. The van der Waals surface area contributed by atoms with Crippen LogP contribution >= 0.6 is 0 Å². The Kier molecular flexibility index (Phi) is 3.25. The third-order valence-corrected chi connectivity index (χ3v) is 3.43. The lowest BCUT2D eigenvalue weighted by molar-refractivity contribution is -0.141. The van der Waals surface area contributed by atoms with E-state index in [1.54, 1.807) is 6.07 Å². The van der Waals surface area contributed by atoms with E-state index in [2.05, 4.69) is 5.10 Å². The van der Waals surface area contributed by atoms with E-state index in [-0.39, 0.29) is 28.5 Å². The zero-order chi connectivity index (χ0) is 16.8. The highest BCUT2D eigenvalue weighted by molar-refractivity contribution is 5.55. The van der Waals surface area contributed by atoms with Crippen LogP contribution in [0, 0.1) is 17.1 Å². The van der Waals surface area contributed by atoms with Gasteiger partial charge in [0.05, 0.1) is 11.5 Å². The lowest BCUT2D eigenvalue weighted by Gasteiger charge is -2.24. The molecule has 0 saturated carbocycles. The molecule has 0 amide bonds. The molecule has 3 rings (SSSR count). The number of H-pyrrole nitrogens is 1. The Labute approximate surface area is 127 Å². The number of nitrogens with two attached hydrogens (primary N) is 1. The van der Waals surface area contributed by atoms with Gasteiger partial charge in [0.25, 0.3) is 0 Å². The second-order valence-electron chi connectivity index (χ2n) is 4.79. The van der Waals surface area contributed by atoms with Crippen molar-refractivity contribution < 1.29 is 22.3 Å². The number of allylic oxidation sites excluding steroid dienone is 1. The molecule has 1 unspecified atom stereocenters. The largest absolute Gasteiger partial charge is 0.433 e. The molecule has 1 aliphatic heterocycles. The van der Waals surface area contributed by atoms with E-state index >= 15 is 0 Å². The van der Waals surface area contributed by atoms with Gasteiger partial charge in [0.2, 0.25) is 11.8 Å². The molecule has 0 fully saturated rings. The summed E-state index contributed by atoms with van der Waals surface area (Å²) in [6.07, 6.45) is -4.73. The van der Waals surface area contributed by atoms with E-state index in [1.807, 2.05) is 5.10 Å². The highest BCUT2D eigenvalue weighted by atomic mass is 19.4. The smallest absolute Gasteiger partial charge is 0.420 e. The maximum atomic E-state index is 13.2. The normalized spacial score (nSPS) is 17.4. The van der Waals surface area contributed by atoms with Crippen LogP contribution in [0.4, 0.5) is 17.6 Å². The van der Waals surface area contributed by atoms with Crippen LogP contribution in [0.15, 0.2) is 35.7 Å². The summed E-state index contributed by atoms with van der Waals surface area (Å²) >= 11 is 0. The number of halogens is 4. The van der Waals surface area contributed by atoms with Crippen molar-refractivity contribution in [2.24, 2.45) is 5.73 Å². The van der Waals surface area contributed by atoms with Crippen molar-refractivity contribution >= 4 is 0 Å². The van der Waals surface area contributed by atoms with Crippen molar-refractivity contribution in [3.05, 3.63) is 58.4 Å². The van der Waals surface area contributed by atoms with Crippen LogP contribution in [-0.2, 0) is 6.18 Å². The molecule has 23 heavy (non-hydrogen) atoms. The number of ether oxygens (including phenoxy) is 1. The van der Waals surface area contributed by atoms with E-state index in [0.29, 0.717) is 0 Å². The van der Waals surface area contributed by atoms with Crippen LogP contribution in [0.1, 0.15) is 22.7 Å². The number of hydrogen-bond acceptors (Lipinski definition) is 4.